The zero-order chi connectivity index (χ0) is 52.8. The van der Waals surface area contributed by atoms with Crippen LogP contribution in [0.3, 0.4) is 0 Å². The van der Waals surface area contributed by atoms with E-state index in [9.17, 15) is 0 Å². The topological polar surface area (TPSA) is 19.6 Å². The average Bonchev–Trinajstić information content (AvgIpc) is 3.71. The lowest BCUT2D eigenvalue weighted by atomic mass is 9.33. The molecular formula is C69H83BN2OSi. The van der Waals surface area contributed by atoms with E-state index in [1.807, 2.05) is 0 Å². The summed E-state index contributed by atoms with van der Waals surface area (Å²) in [6, 6.07) is 42.3. The van der Waals surface area contributed by atoms with Crippen LogP contribution in [0.1, 0.15) is 181 Å². The second-order valence-corrected chi connectivity index (χ2v) is 34.9. The van der Waals surface area contributed by atoms with Crippen LogP contribution in [0.4, 0.5) is 34.3 Å². The van der Waals surface area contributed by atoms with E-state index in [-0.39, 0.29) is 44.6 Å². The monoisotopic (exact) mass is 995 g/mol. The molecule has 12 rings (SSSR count). The van der Waals surface area contributed by atoms with Gasteiger partial charge >= 0.3 is 0 Å². The third-order valence-corrected chi connectivity index (χ3v) is 21.9. The summed E-state index contributed by atoms with van der Waals surface area (Å²) in [4.78, 5) is 5.29. The van der Waals surface area contributed by atoms with Crippen molar-refractivity contribution < 1.29 is 4.42 Å². The molecule has 2 aliphatic heterocycles. The van der Waals surface area contributed by atoms with Gasteiger partial charge in [0.1, 0.15) is 5.58 Å². The molecular weight excluding hydrogens is 912 g/mol. The highest BCUT2D eigenvalue weighted by Crippen LogP contribution is 2.55. The summed E-state index contributed by atoms with van der Waals surface area (Å²) in [6.45, 7) is 43.9. The number of nitrogens with zero attached hydrogens (tertiary/aromatic N) is 2. The fourth-order valence-electron chi connectivity index (χ4n) is 14.3. The van der Waals surface area contributed by atoms with Crippen molar-refractivity contribution in [2.75, 3.05) is 9.80 Å². The number of hydrogen-bond donors (Lipinski definition) is 0. The first kappa shape index (κ1) is 49.6. The van der Waals surface area contributed by atoms with E-state index in [1.54, 1.807) is 0 Å². The van der Waals surface area contributed by atoms with Gasteiger partial charge < -0.3 is 9.32 Å². The minimum absolute atomic E-state index is 0.0217. The molecule has 0 atom stereocenters. The molecule has 0 spiro atoms. The van der Waals surface area contributed by atoms with Crippen LogP contribution in [0.2, 0.25) is 19.6 Å². The molecule has 0 fully saturated rings. The van der Waals surface area contributed by atoms with Crippen molar-refractivity contribution in [3.05, 3.63) is 142 Å². The van der Waals surface area contributed by atoms with E-state index in [2.05, 4.69) is 236 Å². The molecule has 0 unspecified atom stereocenters. The minimum atomic E-state index is -1.55. The molecule has 0 radical (unpaired) electrons. The third kappa shape index (κ3) is 7.45. The number of furan rings is 1. The standard InChI is InChI=1S/C69H83BN2OSi/c1-63(2,3)44-21-26-48-59(37-44)73-62-60(48)70-55-40-53-54(69(14,15)34-33-68(53,12)13)41-56(55)71(45-22-27-49-51(38-45)66(8,9)31-29-64(49,4)5)57-35-43(42-19-24-47(25-20-42)74(16,17)18)36-58(61(57)70)72(62)46-23-28-50-52(39-46)67(10,11)32-30-65(50,6)7/h19-28,35-41H,29-34H2,1-18H3. The van der Waals surface area contributed by atoms with Crippen LogP contribution < -0.4 is 31.4 Å². The number of anilines is 6. The maximum absolute atomic E-state index is 7.62. The molecule has 0 amide bonds. The van der Waals surface area contributed by atoms with Gasteiger partial charge in [-0.25, -0.2) is 0 Å². The Kier molecular flexibility index (Phi) is 10.5. The highest BCUT2D eigenvalue weighted by Gasteiger charge is 2.50. The van der Waals surface area contributed by atoms with Crippen molar-refractivity contribution in [1.29, 1.82) is 0 Å². The van der Waals surface area contributed by atoms with E-state index < -0.39 is 8.07 Å². The lowest BCUT2D eigenvalue weighted by Crippen LogP contribution is -2.61. The van der Waals surface area contributed by atoms with E-state index in [4.69, 9.17) is 4.42 Å². The van der Waals surface area contributed by atoms with Gasteiger partial charge in [-0.05, 0) is 186 Å². The zero-order valence-electron chi connectivity index (χ0n) is 48.4. The Labute approximate surface area is 446 Å². The quantitative estimate of drug-likeness (QED) is 0.164. The van der Waals surface area contributed by atoms with Crippen molar-refractivity contribution >= 4 is 81.7 Å². The maximum Gasteiger partial charge on any atom is 0.257 e. The van der Waals surface area contributed by atoms with Crippen LogP contribution in [-0.4, -0.2) is 14.8 Å². The summed E-state index contributed by atoms with van der Waals surface area (Å²) in [6.07, 6.45) is 7.01. The Morgan fingerprint density at radius 3 is 1.41 bits per heavy atom. The molecule has 7 aromatic rings. The van der Waals surface area contributed by atoms with E-state index >= 15 is 0 Å². The first-order valence-electron chi connectivity index (χ1n) is 28.3. The Morgan fingerprint density at radius 2 is 0.905 bits per heavy atom. The Bertz CT molecular complexity index is 3490. The van der Waals surface area contributed by atoms with Crippen LogP contribution in [-0.2, 0) is 37.9 Å². The zero-order valence-corrected chi connectivity index (χ0v) is 49.4. The first-order chi connectivity index (χ1) is 34.4. The fraction of sp³-hybridized carbons (Fsp3) is 0.449. The SMILES string of the molecule is CC(C)(C)c1ccc2c3c(oc2c1)N(c1ccc2c(c1)C(C)(C)CCC2(C)C)c1cc(-c2ccc([Si](C)(C)C)cc2)cc2c1B3c1cc3c(cc1N2c1ccc2c(c1)C(C)(C)CCC2(C)C)C(C)(C)CCC3(C)C. The molecule has 382 valence electrons. The molecule has 5 heteroatoms. The lowest BCUT2D eigenvalue weighted by Gasteiger charge is -2.47. The summed E-state index contributed by atoms with van der Waals surface area (Å²) in [7, 11) is -1.55. The molecule has 5 aliphatic rings. The average molecular weight is 995 g/mol. The molecule has 3 aliphatic carbocycles. The van der Waals surface area contributed by atoms with Gasteiger partial charge in [0.25, 0.3) is 6.71 Å². The maximum atomic E-state index is 7.62. The van der Waals surface area contributed by atoms with Crippen LogP contribution in [0.15, 0.2) is 108 Å². The van der Waals surface area contributed by atoms with Gasteiger partial charge in [0.05, 0.1) is 8.07 Å². The molecule has 3 nitrogen and oxygen atoms in total. The Hall–Kier alpha value is -5.26. The minimum Gasteiger partial charge on any atom is -0.440 e. The van der Waals surface area contributed by atoms with Gasteiger partial charge in [-0.1, -0.05) is 183 Å². The number of rotatable bonds is 4. The van der Waals surface area contributed by atoms with Gasteiger partial charge in [0.2, 0.25) is 5.88 Å². The van der Waals surface area contributed by atoms with Crippen LogP contribution in [0.5, 0.6) is 0 Å². The highest BCUT2D eigenvalue weighted by atomic mass is 28.3. The summed E-state index contributed by atoms with van der Waals surface area (Å²) in [5, 5.41) is 2.69. The van der Waals surface area contributed by atoms with Crippen molar-refractivity contribution in [3.63, 3.8) is 0 Å². The fourth-order valence-corrected chi connectivity index (χ4v) is 15.5. The molecule has 0 saturated carbocycles. The Balaban J connectivity index is 1.24. The summed E-state index contributed by atoms with van der Waals surface area (Å²) in [5.41, 5.74) is 24.1. The van der Waals surface area contributed by atoms with Crippen LogP contribution in [0, 0.1) is 0 Å². The van der Waals surface area contributed by atoms with Crippen molar-refractivity contribution in [3.8, 4) is 11.1 Å². The molecule has 3 heterocycles. The number of benzene rings is 6. The van der Waals surface area contributed by atoms with Gasteiger partial charge in [-0.2, -0.15) is 0 Å². The van der Waals surface area contributed by atoms with Gasteiger partial charge in [0, 0.05) is 39.3 Å². The number of fused-ring (bicyclic) bond motifs is 9. The summed E-state index contributed by atoms with van der Waals surface area (Å²) >= 11 is 0. The third-order valence-electron chi connectivity index (χ3n) is 19.8. The normalized spacial score (nSPS) is 20.3. The molecule has 6 aromatic carbocycles. The second-order valence-electron chi connectivity index (χ2n) is 29.9. The molecule has 0 N–H and O–H groups in total. The van der Waals surface area contributed by atoms with E-state index in [1.165, 1.54) is 125 Å². The molecule has 0 bridgehead atoms. The first-order valence-corrected chi connectivity index (χ1v) is 31.8. The molecule has 0 saturated heterocycles. The predicted octanol–water partition coefficient (Wildman–Crippen LogP) is 17.1. The van der Waals surface area contributed by atoms with E-state index in [0.29, 0.717) is 0 Å². The Morgan fingerprint density at radius 1 is 0.446 bits per heavy atom. The largest absolute Gasteiger partial charge is 0.440 e. The van der Waals surface area contributed by atoms with Crippen LogP contribution >= 0.6 is 0 Å². The van der Waals surface area contributed by atoms with Gasteiger partial charge in [-0.3, -0.25) is 4.90 Å². The number of hydrogen-bond acceptors (Lipinski definition) is 3. The molecule has 74 heavy (non-hydrogen) atoms. The second kappa shape index (κ2) is 15.7. The highest BCUT2D eigenvalue weighted by molar-refractivity contribution is 7.01. The van der Waals surface area contributed by atoms with Crippen molar-refractivity contribution in [2.24, 2.45) is 0 Å². The lowest BCUT2D eigenvalue weighted by molar-refractivity contribution is 0.332. The smallest absolute Gasteiger partial charge is 0.257 e. The predicted molar refractivity (Wildman–Crippen MR) is 323 cm³/mol. The van der Waals surface area contributed by atoms with Crippen molar-refractivity contribution in [1.82, 2.24) is 0 Å². The van der Waals surface area contributed by atoms with Crippen LogP contribution in [0.25, 0.3) is 22.1 Å². The summed E-state index contributed by atoms with van der Waals surface area (Å²) < 4.78 is 7.62. The van der Waals surface area contributed by atoms with Crippen molar-refractivity contribution in [2.45, 2.75) is 200 Å². The molecule has 1 aromatic heterocycles. The summed E-state index contributed by atoms with van der Waals surface area (Å²) in [5.74, 6) is 0.947. The van der Waals surface area contributed by atoms with Gasteiger partial charge in [-0.15, -0.1) is 0 Å². The van der Waals surface area contributed by atoms with Gasteiger partial charge in [0.15, 0.2) is 0 Å². The van der Waals surface area contributed by atoms with E-state index in [0.717, 1.165) is 30.7 Å².